The van der Waals surface area contributed by atoms with Crippen LogP contribution in [0.3, 0.4) is 0 Å². The van der Waals surface area contributed by atoms with E-state index in [0.717, 1.165) is 19.4 Å². The van der Waals surface area contributed by atoms with Crippen LogP contribution in [0.1, 0.15) is 33.1 Å². The van der Waals surface area contributed by atoms with E-state index in [1.54, 1.807) is 0 Å². The van der Waals surface area contributed by atoms with Crippen LogP contribution < -0.4 is 0 Å². The molecule has 0 amide bonds. The molecule has 0 aromatic heterocycles. The Bertz CT molecular complexity index is 160. The average Bonchev–Trinajstić information content (AvgIpc) is 2.53. The maximum atomic E-state index is 11.2. The molecule has 0 saturated carbocycles. The lowest BCUT2D eigenvalue weighted by molar-refractivity contribution is -0.147. The van der Waals surface area contributed by atoms with E-state index in [1.165, 1.54) is 0 Å². The van der Waals surface area contributed by atoms with Crippen LogP contribution in [-0.4, -0.2) is 25.3 Å². The summed E-state index contributed by atoms with van der Waals surface area (Å²) in [7, 11) is 0. The van der Waals surface area contributed by atoms with Gasteiger partial charge in [-0.25, -0.2) is 0 Å². The summed E-state index contributed by atoms with van der Waals surface area (Å²) in [6.45, 7) is 5.37. The Kier molecular flexibility index (Phi) is 4.22. The van der Waals surface area contributed by atoms with Gasteiger partial charge in [-0.15, -0.1) is 0 Å². The first-order valence-electron chi connectivity index (χ1n) is 4.95. The van der Waals surface area contributed by atoms with E-state index in [9.17, 15) is 4.79 Å². The quantitative estimate of drug-likeness (QED) is 0.627. The van der Waals surface area contributed by atoms with E-state index in [2.05, 4.69) is 0 Å². The molecular weight excluding hydrogens is 168 g/mol. The molecule has 1 aliphatic rings. The number of ether oxygens (including phenoxy) is 2. The van der Waals surface area contributed by atoms with Crippen molar-refractivity contribution in [2.45, 2.75) is 39.2 Å². The Labute approximate surface area is 79.4 Å². The van der Waals surface area contributed by atoms with E-state index in [4.69, 9.17) is 9.47 Å². The monoisotopic (exact) mass is 186 g/mol. The van der Waals surface area contributed by atoms with Crippen molar-refractivity contribution in [3.63, 3.8) is 0 Å². The predicted molar refractivity (Wildman–Crippen MR) is 49.4 cm³/mol. The summed E-state index contributed by atoms with van der Waals surface area (Å²) in [6.07, 6.45) is 2.60. The molecule has 1 saturated heterocycles. The Hall–Kier alpha value is -0.570. The zero-order valence-electron chi connectivity index (χ0n) is 8.41. The molecule has 0 bridgehead atoms. The van der Waals surface area contributed by atoms with Gasteiger partial charge in [0, 0.05) is 6.61 Å². The summed E-state index contributed by atoms with van der Waals surface area (Å²) in [6, 6.07) is 0. The van der Waals surface area contributed by atoms with E-state index < -0.39 is 0 Å². The molecule has 13 heavy (non-hydrogen) atoms. The maximum absolute atomic E-state index is 11.2. The van der Waals surface area contributed by atoms with Crippen LogP contribution >= 0.6 is 0 Å². The van der Waals surface area contributed by atoms with Gasteiger partial charge in [-0.05, 0) is 18.8 Å². The summed E-state index contributed by atoms with van der Waals surface area (Å²) in [5, 5.41) is 0. The minimum absolute atomic E-state index is 0.111. The number of carbonyl (C=O) groups is 1. The normalized spacial score (nSPS) is 22.2. The third kappa shape index (κ3) is 4.27. The lowest BCUT2D eigenvalue weighted by atomic mass is 10.2. The number of carbonyl (C=O) groups excluding carboxylic acids is 1. The second kappa shape index (κ2) is 5.22. The summed E-state index contributed by atoms with van der Waals surface area (Å²) < 4.78 is 10.4. The molecule has 3 heteroatoms. The lowest BCUT2D eigenvalue weighted by Crippen LogP contribution is -2.16. The van der Waals surface area contributed by atoms with Crippen LogP contribution in [0.15, 0.2) is 0 Å². The first kappa shape index (κ1) is 10.5. The highest BCUT2D eigenvalue weighted by Crippen LogP contribution is 2.15. The highest BCUT2D eigenvalue weighted by atomic mass is 16.5. The van der Waals surface area contributed by atoms with Crippen molar-refractivity contribution in [1.82, 2.24) is 0 Å². The smallest absolute Gasteiger partial charge is 0.308 e. The highest BCUT2D eigenvalue weighted by Gasteiger charge is 2.19. The molecular formula is C10H18O3. The SMILES string of the molecule is CC(C)COC(=O)CC1CCCO1. The van der Waals surface area contributed by atoms with Crippen molar-refractivity contribution < 1.29 is 14.3 Å². The minimum Gasteiger partial charge on any atom is -0.465 e. The molecule has 0 spiro atoms. The van der Waals surface area contributed by atoms with Gasteiger partial charge < -0.3 is 9.47 Å². The summed E-state index contributed by atoms with van der Waals surface area (Å²) in [5.74, 6) is 0.286. The van der Waals surface area contributed by atoms with Crippen LogP contribution in [0.5, 0.6) is 0 Å². The molecule has 1 fully saturated rings. The predicted octanol–water partition coefficient (Wildman–Crippen LogP) is 1.75. The molecule has 0 aliphatic carbocycles. The van der Waals surface area contributed by atoms with Gasteiger partial charge in [-0.1, -0.05) is 13.8 Å². The van der Waals surface area contributed by atoms with Crippen LogP contribution in [0.4, 0.5) is 0 Å². The molecule has 1 atom stereocenters. The van der Waals surface area contributed by atoms with Crippen molar-refractivity contribution in [2.24, 2.45) is 5.92 Å². The molecule has 1 aliphatic heterocycles. The van der Waals surface area contributed by atoms with E-state index in [-0.39, 0.29) is 12.1 Å². The van der Waals surface area contributed by atoms with Gasteiger partial charge in [0.1, 0.15) is 0 Å². The molecule has 1 unspecified atom stereocenters. The first-order chi connectivity index (χ1) is 6.18. The fourth-order valence-electron chi connectivity index (χ4n) is 1.31. The van der Waals surface area contributed by atoms with Gasteiger partial charge >= 0.3 is 5.97 Å². The second-order valence-electron chi connectivity index (χ2n) is 3.92. The third-order valence-corrected chi connectivity index (χ3v) is 2.00. The van der Waals surface area contributed by atoms with Gasteiger partial charge in [0.05, 0.1) is 19.1 Å². The fraction of sp³-hybridized carbons (Fsp3) is 0.900. The average molecular weight is 186 g/mol. The van der Waals surface area contributed by atoms with E-state index >= 15 is 0 Å². The number of hydrogen-bond donors (Lipinski definition) is 0. The topological polar surface area (TPSA) is 35.5 Å². The Balaban J connectivity index is 2.09. The van der Waals surface area contributed by atoms with Gasteiger partial charge in [0.25, 0.3) is 0 Å². The van der Waals surface area contributed by atoms with Crippen LogP contribution in [-0.2, 0) is 14.3 Å². The number of hydrogen-bond acceptors (Lipinski definition) is 3. The van der Waals surface area contributed by atoms with Crippen molar-refractivity contribution in [3.8, 4) is 0 Å². The molecule has 0 N–H and O–H groups in total. The number of rotatable bonds is 4. The van der Waals surface area contributed by atoms with Crippen molar-refractivity contribution in [3.05, 3.63) is 0 Å². The van der Waals surface area contributed by atoms with Crippen molar-refractivity contribution in [1.29, 1.82) is 0 Å². The molecule has 76 valence electrons. The fourth-order valence-corrected chi connectivity index (χ4v) is 1.31. The summed E-state index contributed by atoms with van der Waals surface area (Å²) in [5.41, 5.74) is 0. The van der Waals surface area contributed by atoms with Crippen LogP contribution in [0.2, 0.25) is 0 Å². The maximum Gasteiger partial charge on any atom is 0.308 e. The molecule has 1 heterocycles. The van der Waals surface area contributed by atoms with Crippen molar-refractivity contribution >= 4 is 5.97 Å². The largest absolute Gasteiger partial charge is 0.465 e. The third-order valence-electron chi connectivity index (χ3n) is 2.00. The Morgan fingerprint density at radius 3 is 2.92 bits per heavy atom. The van der Waals surface area contributed by atoms with Crippen LogP contribution in [0.25, 0.3) is 0 Å². The molecule has 3 nitrogen and oxygen atoms in total. The highest BCUT2D eigenvalue weighted by molar-refractivity contribution is 5.69. The second-order valence-corrected chi connectivity index (χ2v) is 3.92. The summed E-state index contributed by atoms with van der Waals surface area (Å²) in [4.78, 5) is 11.2. The molecule has 0 aromatic rings. The lowest BCUT2D eigenvalue weighted by Gasteiger charge is -2.10. The van der Waals surface area contributed by atoms with Crippen molar-refractivity contribution in [2.75, 3.05) is 13.2 Å². The van der Waals surface area contributed by atoms with E-state index in [1.807, 2.05) is 13.8 Å². The van der Waals surface area contributed by atoms with Gasteiger partial charge in [-0.2, -0.15) is 0 Å². The zero-order valence-corrected chi connectivity index (χ0v) is 8.41. The van der Waals surface area contributed by atoms with Gasteiger partial charge in [0.15, 0.2) is 0 Å². The first-order valence-corrected chi connectivity index (χ1v) is 4.95. The molecule has 0 aromatic carbocycles. The van der Waals surface area contributed by atoms with Gasteiger partial charge in [0.2, 0.25) is 0 Å². The standard InChI is InChI=1S/C10H18O3/c1-8(2)7-13-10(11)6-9-4-3-5-12-9/h8-9H,3-7H2,1-2H3. The van der Waals surface area contributed by atoms with Crippen LogP contribution in [0, 0.1) is 5.92 Å². The Morgan fingerprint density at radius 1 is 1.62 bits per heavy atom. The van der Waals surface area contributed by atoms with Gasteiger partial charge in [-0.3, -0.25) is 4.79 Å². The van der Waals surface area contributed by atoms with E-state index in [0.29, 0.717) is 18.9 Å². The minimum atomic E-state index is -0.124. The molecule has 0 radical (unpaired) electrons. The zero-order chi connectivity index (χ0) is 9.68. The Morgan fingerprint density at radius 2 is 2.38 bits per heavy atom. The molecule has 1 rings (SSSR count). The summed E-state index contributed by atoms with van der Waals surface area (Å²) >= 11 is 0. The number of esters is 1.